The van der Waals surface area contributed by atoms with Gasteiger partial charge in [-0.2, -0.15) is 0 Å². The van der Waals surface area contributed by atoms with Crippen molar-refractivity contribution >= 4 is 39.2 Å². The molecule has 0 atom stereocenters. The third-order valence-corrected chi connectivity index (χ3v) is 6.08. The van der Waals surface area contributed by atoms with E-state index in [1.807, 2.05) is 30.3 Å². The van der Waals surface area contributed by atoms with Crippen LogP contribution in [0.5, 0.6) is 5.75 Å². The van der Waals surface area contributed by atoms with E-state index in [4.69, 9.17) is 9.26 Å². The van der Waals surface area contributed by atoms with Gasteiger partial charge in [-0.05, 0) is 43.3 Å². The van der Waals surface area contributed by atoms with Crippen LogP contribution in [0, 0.1) is 6.92 Å². The first kappa shape index (κ1) is 21.7. The van der Waals surface area contributed by atoms with Crippen molar-refractivity contribution in [1.29, 1.82) is 0 Å². The molecule has 2 aromatic carbocycles. The van der Waals surface area contributed by atoms with E-state index in [-0.39, 0.29) is 22.4 Å². The van der Waals surface area contributed by atoms with Crippen LogP contribution >= 0.6 is 11.8 Å². The van der Waals surface area contributed by atoms with E-state index in [9.17, 15) is 13.2 Å². The van der Waals surface area contributed by atoms with Crippen LogP contribution in [0.4, 0.5) is 11.5 Å². The summed E-state index contributed by atoms with van der Waals surface area (Å²) in [4.78, 5) is 12.1. The molecule has 0 saturated carbocycles. The van der Waals surface area contributed by atoms with Crippen LogP contribution in [0.3, 0.4) is 0 Å². The van der Waals surface area contributed by atoms with E-state index in [1.165, 1.54) is 42.1 Å². The molecule has 10 heteroatoms. The van der Waals surface area contributed by atoms with Crippen molar-refractivity contribution in [1.82, 2.24) is 5.16 Å². The minimum atomic E-state index is -3.79. The average molecular weight is 448 g/mol. The highest BCUT2D eigenvalue weighted by molar-refractivity contribution is 7.99. The maximum atomic E-state index is 12.4. The van der Waals surface area contributed by atoms with Crippen LogP contribution in [-0.2, 0) is 14.8 Å². The molecule has 8 nitrogen and oxygen atoms in total. The number of amides is 1. The van der Waals surface area contributed by atoms with Gasteiger partial charge in [0.25, 0.3) is 10.0 Å². The zero-order valence-electron chi connectivity index (χ0n) is 16.2. The number of carbonyl (C=O) groups excluding carboxylic acids is 1. The number of nitrogens with one attached hydrogen (secondary N) is 2. The highest BCUT2D eigenvalue weighted by atomic mass is 32.2. The van der Waals surface area contributed by atoms with Gasteiger partial charge in [-0.15, -0.1) is 11.8 Å². The fourth-order valence-corrected chi connectivity index (χ4v) is 4.01. The summed E-state index contributed by atoms with van der Waals surface area (Å²) in [5, 5.41) is 6.35. The lowest BCUT2D eigenvalue weighted by Crippen LogP contribution is -2.16. The molecule has 0 aliphatic rings. The number of ether oxygens (including phenoxy) is 1. The number of nitrogens with zero attached hydrogens (tertiary/aromatic N) is 1. The van der Waals surface area contributed by atoms with Crippen LogP contribution in [0.2, 0.25) is 0 Å². The topological polar surface area (TPSA) is 111 Å². The SMILES string of the molecule is Cc1cc(NS(=O)(=O)c2ccc(NC(=O)CSCCOc3ccccc3)cc2)no1. The maximum absolute atomic E-state index is 12.4. The predicted octanol–water partition coefficient (Wildman–Crippen LogP) is 3.53. The summed E-state index contributed by atoms with van der Waals surface area (Å²) in [7, 11) is -3.79. The molecule has 1 heterocycles. The molecular weight excluding hydrogens is 426 g/mol. The Labute approximate surface area is 179 Å². The van der Waals surface area contributed by atoms with Crippen molar-refractivity contribution in [2.45, 2.75) is 11.8 Å². The second kappa shape index (κ2) is 10.2. The number of aromatic nitrogens is 1. The highest BCUT2D eigenvalue weighted by Crippen LogP contribution is 2.18. The fraction of sp³-hybridized carbons (Fsp3) is 0.200. The molecule has 0 fully saturated rings. The predicted molar refractivity (Wildman–Crippen MR) is 116 cm³/mol. The minimum absolute atomic E-state index is 0.0496. The van der Waals surface area contributed by atoms with Crippen molar-refractivity contribution < 1.29 is 22.5 Å². The molecule has 0 bridgehead atoms. The molecule has 0 spiro atoms. The third-order valence-electron chi connectivity index (χ3n) is 3.79. The quantitative estimate of drug-likeness (QED) is 0.457. The second-order valence-electron chi connectivity index (χ2n) is 6.21. The van der Waals surface area contributed by atoms with Crippen molar-refractivity contribution in [3.05, 3.63) is 66.4 Å². The van der Waals surface area contributed by atoms with Crippen LogP contribution in [-0.4, -0.2) is 37.6 Å². The van der Waals surface area contributed by atoms with Crippen molar-refractivity contribution in [3.63, 3.8) is 0 Å². The minimum Gasteiger partial charge on any atom is -0.493 e. The second-order valence-corrected chi connectivity index (χ2v) is 9.00. The monoisotopic (exact) mass is 447 g/mol. The van der Waals surface area contributed by atoms with E-state index in [2.05, 4.69) is 15.2 Å². The number of anilines is 2. The third kappa shape index (κ3) is 6.53. The Morgan fingerprint density at radius 2 is 1.87 bits per heavy atom. The lowest BCUT2D eigenvalue weighted by Gasteiger charge is -2.08. The Morgan fingerprint density at radius 1 is 1.13 bits per heavy atom. The van der Waals surface area contributed by atoms with Gasteiger partial charge in [0.2, 0.25) is 5.91 Å². The van der Waals surface area contributed by atoms with Crippen LogP contribution in [0.1, 0.15) is 5.76 Å². The number of aryl methyl sites for hydroxylation is 1. The van der Waals surface area contributed by atoms with Crippen molar-refractivity contribution in [2.75, 3.05) is 28.2 Å². The molecule has 1 amide bonds. The molecule has 0 saturated heterocycles. The van der Waals surface area contributed by atoms with E-state index >= 15 is 0 Å². The van der Waals surface area contributed by atoms with E-state index < -0.39 is 10.0 Å². The number of carbonyl (C=O) groups is 1. The van der Waals surface area contributed by atoms with Crippen molar-refractivity contribution in [2.24, 2.45) is 0 Å². The number of rotatable bonds is 10. The smallest absolute Gasteiger partial charge is 0.263 e. The van der Waals surface area contributed by atoms with Gasteiger partial charge in [-0.1, -0.05) is 23.4 Å². The first-order valence-electron chi connectivity index (χ1n) is 9.04. The normalized spacial score (nSPS) is 11.1. The van der Waals surface area contributed by atoms with Gasteiger partial charge in [0.1, 0.15) is 11.5 Å². The molecule has 2 N–H and O–H groups in total. The van der Waals surface area contributed by atoms with Crippen LogP contribution < -0.4 is 14.8 Å². The number of hydrogen-bond donors (Lipinski definition) is 2. The summed E-state index contributed by atoms with van der Waals surface area (Å²) in [5.41, 5.74) is 0.511. The number of hydrogen-bond acceptors (Lipinski definition) is 7. The summed E-state index contributed by atoms with van der Waals surface area (Å²) < 4.78 is 37.5. The number of para-hydroxylation sites is 1. The van der Waals surface area contributed by atoms with Gasteiger partial charge in [0, 0.05) is 17.5 Å². The highest BCUT2D eigenvalue weighted by Gasteiger charge is 2.16. The van der Waals surface area contributed by atoms with Gasteiger partial charge in [-0.25, -0.2) is 8.42 Å². The first-order chi connectivity index (χ1) is 14.4. The number of thioether (sulfide) groups is 1. The van der Waals surface area contributed by atoms with Gasteiger partial charge < -0.3 is 14.6 Å². The van der Waals surface area contributed by atoms with Gasteiger partial charge in [0.05, 0.1) is 17.3 Å². The van der Waals surface area contributed by atoms with E-state index in [1.54, 1.807) is 6.92 Å². The molecule has 1 aromatic heterocycles. The largest absolute Gasteiger partial charge is 0.493 e. The van der Waals surface area contributed by atoms with Crippen LogP contribution in [0.25, 0.3) is 0 Å². The lowest BCUT2D eigenvalue weighted by atomic mass is 10.3. The standard InChI is InChI=1S/C20H21N3O5S2/c1-15-13-19(22-28-15)23-30(25,26)18-9-7-16(8-10-18)21-20(24)14-29-12-11-27-17-5-3-2-4-6-17/h2-10,13H,11-12,14H2,1H3,(H,21,24)(H,22,23). The van der Waals surface area contributed by atoms with E-state index in [0.717, 1.165) is 5.75 Å². The molecular formula is C20H21N3O5S2. The summed E-state index contributed by atoms with van der Waals surface area (Å²) in [6, 6.07) is 16.8. The van der Waals surface area contributed by atoms with Gasteiger partial charge in [-0.3, -0.25) is 9.52 Å². The average Bonchev–Trinajstić information content (AvgIpc) is 3.13. The molecule has 30 heavy (non-hydrogen) atoms. The molecule has 0 aliphatic carbocycles. The zero-order valence-corrected chi connectivity index (χ0v) is 17.8. The number of benzene rings is 2. The Morgan fingerprint density at radius 3 is 2.53 bits per heavy atom. The Bertz CT molecular complexity index is 1070. The first-order valence-corrected chi connectivity index (χ1v) is 11.7. The number of sulfonamides is 1. The molecule has 158 valence electrons. The summed E-state index contributed by atoms with van der Waals surface area (Å²) in [6.07, 6.45) is 0. The molecule has 0 radical (unpaired) electrons. The van der Waals surface area contributed by atoms with Crippen molar-refractivity contribution in [3.8, 4) is 5.75 Å². The van der Waals surface area contributed by atoms with E-state index in [0.29, 0.717) is 23.8 Å². The van der Waals surface area contributed by atoms with Crippen LogP contribution in [0.15, 0.2) is 70.1 Å². The molecule has 0 aliphatic heterocycles. The maximum Gasteiger partial charge on any atom is 0.263 e. The Hall–Kier alpha value is -2.98. The molecule has 3 aromatic rings. The molecule has 0 unspecified atom stereocenters. The lowest BCUT2D eigenvalue weighted by molar-refractivity contribution is -0.113. The van der Waals surface area contributed by atoms with Gasteiger partial charge in [0.15, 0.2) is 5.82 Å². The Balaban J connectivity index is 1.42. The molecule has 3 rings (SSSR count). The zero-order chi connectivity index (χ0) is 21.4. The summed E-state index contributed by atoms with van der Waals surface area (Å²) in [5.74, 6) is 2.17. The summed E-state index contributed by atoms with van der Waals surface area (Å²) >= 11 is 1.45. The summed E-state index contributed by atoms with van der Waals surface area (Å²) in [6.45, 7) is 2.17. The fourth-order valence-electron chi connectivity index (χ4n) is 2.43. The van der Waals surface area contributed by atoms with Gasteiger partial charge >= 0.3 is 0 Å². The Kier molecular flexibility index (Phi) is 7.36.